The summed E-state index contributed by atoms with van der Waals surface area (Å²) in [7, 11) is 2.19. The van der Waals surface area contributed by atoms with E-state index in [1.54, 1.807) is 6.21 Å². The van der Waals surface area contributed by atoms with E-state index in [0.29, 0.717) is 6.54 Å². The van der Waals surface area contributed by atoms with Crippen LogP contribution >= 0.6 is 0 Å². The molecule has 0 spiro atoms. The Morgan fingerprint density at radius 1 is 1.13 bits per heavy atom. The van der Waals surface area contributed by atoms with Gasteiger partial charge in [0.1, 0.15) is 0 Å². The monoisotopic (exact) mass is 402 g/mol. The predicted molar refractivity (Wildman–Crippen MR) is 125 cm³/mol. The largest absolute Gasteiger partial charge is 0.369 e. The SMILES string of the molecule is CC(c1cccc(N2CCN(C)CC2)c1)c1ccc(-c2cn[nH]c2)cc1N=CCN. The zero-order valence-corrected chi connectivity index (χ0v) is 17.8. The third-order valence-electron chi connectivity index (χ3n) is 5.90. The number of nitrogens with zero attached hydrogens (tertiary/aromatic N) is 4. The topological polar surface area (TPSA) is 73.5 Å². The first-order chi connectivity index (χ1) is 14.7. The summed E-state index contributed by atoms with van der Waals surface area (Å²) in [6, 6.07) is 15.4. The molecule has 156 valence electrons. The Morgan fingerprint density at radius 2 is 1.97 bits per heavy atom. The van der Waals surface area contributed by atoms with E-state index >= 15 is 0 Å². The van der Waals surface area contributed by atoms with E-state index in [1.165, 1.54) is 16.8 Å². The van der Waals surface area contributed by atoms with E-state index in [0.717, 1.165) is 43.0 Å². The zero-order valence-electron chi connectivity index (χ0n) is 17.8. The van der Waals surface area contributed by atoms with Gasteiger partial charge in [-0.3, -0.25) is 10.1 Å². The third-order valence-corrected chi connectivity index (χ3v) is 5.90. The highest BCUT2D eigenvalue weighted by Gasteiger charge is 2.18. The minimum Gasteiger partial charge on any atom is -0.369 e. The highest BCUT2D eigenvalue weighted by Crippen LogP contribution is 2.36. The highest BCUT2D eigenvalue weighted by molar-refractivity contribution is 5.73. The van der Waals surface area contributed by atoms with Crippen molar-refractivity contribution < 1.29 is 0 Å². The average molecular weight is 403 g/mol. The molecule has 6 nitrogen and oxygen atoms in total. The summed E-state index contributed by atoms with van der Waals surface area (Å²) < 4.78 is 0. The number of hydrogen-bond acceptors (Lipinski definition) is 5. The molecule has 2 aromatic carbocycles. The summed E-state index contributed by atoms with van der Waals surface area (Å²) in [5, 5.41) is 6.94. The maximum Gasteiger partial charge on any atom is 0.0670 e. The molecule has 1 fully saturated rings. The molecule has 0 amide bonds. The van der Waals surface area contributed by atoms with E-state index in [2.05, 4.69) is 81.4 Å². The van der Waals surface area contributed by atoms with Crippen LogP contribution in [0.5, 0.6) is 0 Å². The third kappa shape index (κ3) is 4.45. The molecule has 1 aromatic heterocycles. The Morgan fingerprint density at radius 3 is 2.70 bits per heavy atom. The fourth-order valence-corrected chi connectivity index (χ4v) is 4.00. The lowest BCUT2D eigenvalue weighted by atomic mass is 9.90. The number of benzene rings is 2. The molecule has 3 aromatic rings. The van der Waals surface area contributed by atoms with Crippen molar-refractivity contribution in [1.82, 2.24) is 15.1 Å². The zero-order chi connectivity index (χ0) is 20.9. The number of rotatable bonds is 6. The first-order valence-electron chi connectivity index (χ1n) is 10.5. The van der Waals surface area contributed by atoms with Crippen molar-refractivity contribution in [2.24, 2.45) is 10.7 Å². The number of H-pyrrole nitrogens is 1. The molecule has 1 unspecified atom stereocenters. The second-order valence-electron chi connectivity index (χ2n) is 7.91. The van der Waals surface area contributed by atoms with Gasteiger partial charge in [0.05, 0.1) is 11.9 Å². The summed E-state index contributed by atoms with van der Waals surface area (Å²) in [4.78, 5) is 9.52. The number of aliphatic imine (C=N–C) groups is 1. The van der Waals surface area contributed by atoms with Gasteiger partial charge in [-0.2, -0.15) is 5.10 Å². The normalized spacial score (nSPS) is 16.3. The Labute approximate surface area is 178 Å². The summed E-state index contributed by atoms with van der Waals surface area (Å²) in [6.45, 7) is 7.01. The van der Waals surface area contributed by atoms with Crippen molar-refractivity contribution in [1.29, 1.82) is 0 Å². The van der Waals surface area contributed by atoms with Gasteiger partial charge in [-0.15, -0.1) is 0 Å². The van der Waals surface area contributed by atoms with Gasteiger partial charge in [0.2, 0.25) is 0 Å². The number of hydrogen-bond donors (Lipinski definition) is 2. The predicted octanol–water partition coefficient (Wildman–Crippen LogP) is 3.64. The molecule has 6 heteroatoms. The summed E-state index contributed by atoms with van der Waals surface area (Å²) in [5.41, 5.74) is 12.6. The molecule has 0 saturated carbocycles. The molecule has 30 heavy (non-hydrogen) atoms. The van der Waals surface area contributed by atoms with Crippen molar-refractivity contribution in [2.75, 3.05) is 44.7 Å². The summed E-state index contributed by atoms with van der Waals surface area (Å²) >= 11 is 0. The molecule has 0 radical (unpaired) electrons. The van der Waals surface area contributed by atoms with Crippen LogP contribution < -0.4 is 10.6 Å². The van der Waals surface area contributed by atoms with Gasteiger partial charge < -0.3 is 15.5 Å². The van der Waals surface area contributed by atoms with Crippen LogP contribution in [0.4, 0.5) is 11.4 Å². The van der Waals surface area contributed by atoms with Crippen LogP contribution in [0.3, 0.4) is 0 Å². The van der Waals surface area contributed by atoms with Crippen LogP contribution in [0.1, 0.15) is 24.0 Å². The fourth-order valence-electron chi connectivity index (χ4n) is 4.00. The Hall–Kier alpha value is -2.96. The van der Waals surface area contributed by atoms with Crippen LogP contribution in [0.2, 0.25) is 0 Å². The fraction of sp³-hybridized carbons (Fsp3) is 0.333. The van der Waals surface area contributed by atoms with Crippen LogP contribution in [0.15, 0.2) is 59.9 Å². The maximum absolute atomic E-state index is 5.69. The molecule has 1 aliphatic rings. The lowest BCUT2D eigenvalue weighted by molar-refractivity contribution is 0.313. The molecule has 4 rings (SSSR count). The van der Waals surface area contributed by atoms with Gasteiger partial charge in [0.25, 0.3) is 0 Å². The molecule has 0 aliphatic carbocycles. The minimum absolute atomic E-state index is 0.223. The van der Waals surface area contributed by atoms with Crippen molar-refractivity contribution in [3.8, 4) is 11.1 Å². The standard InChI is InChI=1S/C24H30N6/c1-18(19-4-3-5-22(14-19)30-12-10-29(2)11-13-30)23-7-6-20(21-16-27-28-17-21)15-24(23)26-9-8-25/h3-7,9,14-18H,8,10-13,25H2,1-2H3,(H,27,28). The first kappa shape index (κ1) is 20.3. The quantitative estimate of drug-likeness (QED) is 0.618. The number of aromatic amines is 1. The molecule has 3 N–H and O–H groups in total. The van der Waals surface area contributed by atoms with Gasteiger partial charge in [0.15, 0.2) is 0 Å². The smallest absolute Gasteiger partial charge is 0.0670 e. The molecule has 0 bridgehead atoms. The lowest BCUT2D eigenvalue weighted by Crippen LogP contribution is -2.44. The molecular formula is C24H30N6. The number of nitrogens with one attached hydrogen (secondary N) is 1. The summed E-state index contributed by atoms with van der Waals surface area (Å²) in [6.07, 6.45) is 5.49. The number of piperazine rings is 1. The Bertz CT molecular complexity index is 987. The van der Waals surface area contributed by atoms with E-state index < -0.39 is 0 Å². The minimum atomic E-state index is 0.223. The number of aromatic nitrogens is 2. The second-order valence-corrected chi connectivity index (χ2v) is 7.91. The molecule has 2 heterocycles. The van der Waals surface area contributed by atoms with Crippen molar-refractivity contribution in [2.45, 2.75) is 12.8 Å². The molecular weight excluding hydrogens is 372 g/mol. The molecule has 1 aliphatic heterocycles. The Kier molecular flexibility index (Phi) is 6.26. The van der Waals surface area contributed by atoms with Gasteiger partial charge in [-0.25, -0.2) is 0 Å². The number of anilines is 1. The van der Waals surface area contributed by atoms with Crippen molar-refractivity contribution in [3.63, 3.8) is 0 Å². The van der Waals surface area contributed by atoms with Gasteiger partial charge >= 0.3 is 0 Å². The highest BCUT2D eigenvalue weighted by atomic mass is 15.2. The Balaban J connectivity index is 1.64. The lowest BCUT2D eigenvalue weighted by Gasteiger charge is -2.34. The molecule has 1 atom stereocenters. The number of likely N-dealkylation sites (N-methyl/N-ethyl adjacent to an activating group) is 1. The van der Waals surface area contributed by atoms with Crippen LogP contribution in [-0.2, 0) is 0 Å². The first-order valence-corrected chi connectivity index (χ1v) is 10.5. The van der Waals surface area contributed by atoms with E-state index in [-0.39, 0.29) is 5.92 Å². The maximum atomic E-state index is 5.69. The second kappa shape index (κ2) is 9.24. The van der Waals surface area contributed by atoms with Gasteiger partial charge in [0, 0.05) is 62.3 Å². The van der Waals surface area contributed by atoms with E-state index in [9.17, 15) is 0 Å². The summed E-state index contributed by atoms with van der Waals surface area (Å²) in [5.74, 6) is 0.223. The van der Waals surface area contributed by atoms with Crippen LogP contribution in [-0.4, -0.2) is 61.1 Å². The number of nitrogens with two attached hydrogens (primary N) is 1. The van der Waals surface area contributed by atoms with Gasteiger partial charge in [-0.05, 0) is 41.9 Å². The van der Waals surface area contributed by atoms with Crippen molar-refractivity contribution in [3.05, 3.63) is 66.0 Å². The van der Waals surface area contributed by atoms with Crippen molar-refractivity contribution >= 4 is 17.6 Å². The average Bonchev–Trinajstić information content (AvgIpc) is 3.33. The molecule has 1 saturated heterocycles. The van der Waals surface area contributed by atoms with Crippen LogP contribution in [0.25, 0.3) is 11.1 Å². The van der Waals surface area contributed by atoms with E-state index in [4.69, 9.17) is 5.73 Å². The van der Waals surface area contributed by atoms with Gasteiger partial charge in [-0.1, -0.05) is 31.2 Å². The van der Waals surface area contributed by atoms with Crippen LogP contribution in [0, 0.1) is 0 Å². The van der Waals surface area contributed by atoms with E-state index in [1.807, 2.05) is 12.4 Å².